The fraction of sp³-hybridized carbons (Fsp3) is 0.500. The van der Waals surface area contributed by atoms with E-state index in [0.717, 1.165) is 18.9 Å². The van der Waals surface area contributed by atoms with E-state index in [4.69, 9.17) is 5.73 Å². The number of rotatable bonds is 5. The normalized spacial score (nSPS) is 16.2. The number of hydrogen-bond donors (Lipinski definition) is 1. The Morgan fingerprint density at radius 2 is 2.11 bits per heavy atom. The van der Waals surface area contributed by atoms with E-state index < -0.39 is 11.6 Å². The van der Waals surface area contributed by atoms with Crippen LogP contribution in [0.15, 0.2) is 18.2 Å². The number of likely N-dealkylation sites (N-methyl/N-ethyl adjacent to an activating group) is 1. The summed E-state index contributed by atoms with van der Waals surface area (Å²) < 4.78 is 26.2. The molecule has 19 heavy (non-hydrogen) atoms. The maximum absolute atomic E-state index is 13.5. The van der Waals surface area contributed by atoms with E-state index in [0.29, 0.717) is 25.1 Å². The molecule has 0 spiro atoms. The smallest absolute Gasteiger partial charge is 0.229 e. The number of benzene rings is 1. The van der Waals surface area contributed by atoms with Crippen LogP contribution in [0, 0.1) is 17.0 Å². The number of amides is 1. The third kappa shape index (κ3) is 2.92. The number of nitrogens with zero attached hydrogens (tertiary/aromatic N) is 1. The summed E-state index contributed by atoms with van der Waals surface area (Å²) in [6.07, 6.45) is 2.03. The standard InChI is InChI=1S/C14H18F2N2O/c1-18(13(19)14(9-17)5-6-14)7-4-10-2-3-11(15)8-12(10)16/h2-3,8H,4-7,9,17H2,1H3. The van der Waals surface area contributed by atoms with E-state index in [2.05, 4.69) is 0 Å². The second-order valence-electron chi connectivity index (χ2n) is 5.20. The first kappa shape index (κ1) is 13.9. The van der Waals surface area contributed by atoms with E-state index in [1.165, 1.54) is 12.1 Å². The highest BCUT2D eigenvalue weighted by molar-refractivity contribution is 5.85. The van der Waals surface area contributed by atoms with Crippen molar-refractivity contribution in [1.29, 1.82) is 0 Å². The molecule has 0 atom stereocenters. The van der Waals surface area contributed by atoms with Gasteiger partial charge in [-0.05, 0) is 30.9 Å². The van der Waals surface area contributed by atoms with Crippen molar-refractivity contribution in [2.75, 3.05) is 20.1 Å². The van der Waals surface area contributed by atoms with Gasteiger partial charge in [0.05, 0.1) is 5.41 Å². The Balaban J connectivity index is 1.93. The van der Waals surface area contributed by atoms with E-state index >= 15 is 0 Å². The molecular weight excluding hydrogens is 250 g/mol. The van der Waals surface area contributed by atoms with E-state index in [1.807, 2.05) is 0 Å². The molecule has 1 aromatic rings. The Morgan fingerprint density at radius 3 is 2.63 bits per heavy atom. The van der Waals surface area contributed by atoms with Gasteiger partial charge < -0.3 is 10.6 Å². The van der Waals surface area contributed by atoms with Gasteiger partial charge in [0.25, 0.3) is 0 Å². The summed E-state index contributed by atoms with van der Waals surface area (Å²) in [6, 6.07) is 3.50. The summed E-state index contributed by atoms with van der Waals surface area (Å²) in [4.78, 5) is 13.7. The highest BCUT2D eigenvalue weighted by atomic mass is 19.1. The number of hydrogen-bond acceptors (Lipinski definition) is 2. The quantitative estimate of drug-likeness (QED) is 0.883. The topological polar surface area (TPSA) is 46.3 Å². The van der Waals surface area contributed by atoms with Crippen LogP contribution in [0.2, 0.25) is 0 Å². The van der Waals surface area contributed by atoms with Crippen LogP contribution in [0.4, 0.5) is 8.78 Å². The lowest BCUT2D eigenvalue weighted by molar-refractivity contribution is -0.135. The minimum Gasteiger partial charge on any atom is -0.345 e. The second kappa shape index (κ2) is 5.25. The summed E-state index contributed by atoms with van der Waals surface area (Å²) in [5.74, 6) is -1.14. The van der Waals surface area contributed by atoms with Crippen LogP contribution in [0.5, 0.6) is 0 Å². The summed E-state index contributed by atoms with van der Waals surface area (Å²) in [6.45, 7) is 0.768. The van der Waals surface area contributed by atoms with Gasteiger partial charge >= 0.3 is 0 Å². The molecule has 3 nitrogen and oxygen atoms in total. The van der Waals surface area contributed by atoms with Crippen molar-refractivity contribution >= 4 is 5.91 Å². The monoisotopic (exact) mass is 268 g/mol. The number of carbonyl (C=O) groups is 1. The van der Waals surface area contributed by atoms with Gasteiger partial charge in [0, 0.05) is 26.2 Å². The molecule has 0 heterocycles. The molecule has 5 heteroatoms. The maximum Gasteiger partial charge on any atom is 0.229 e. The lowest BCUT2D eigenvalue weighted by atomic mass is 10.1. The first-order valence-electron chi connectivity index (χ1n) is 6.38. The Hall–Kier alpha value is -1.49. The van der Waals surface area contributed by atoms with Gasteiger partial charge in [-0.15, -0.1) is 0 Å². The second-order valence-corrected chi connectivity index (χ2v) is 5.20. The number of carbonyl (C=O) groups excluding carboxylic acids is 1. The molecule has 0 bridgehead atoms. The Morgan fingerprint density at radius 1 is 1.42 bits per heavy atom. The van der Waals surface area contributed by atoms with Crippen molar-refractivity contribution in [2.45, 2.75) is 19.3 Å². The summed E-state index contributed by atoms with van der Waals surface area (Å²) in [5.41, 5.74) is 5.64. The van der Waals surface area contributed by atoms with Crippen molar-refractivity contribution in [3.63, 3.8) is 0 Å². The molecule has 1 aromatic carbocycles. The van der Waals surface area contributed by atoms with Crippen LogP contribution in [0.25, 0.3) is 0 Å². The van der Waals surface area contributed by atoms with E-state index in [1.54, 1.807) is 11.9 Å². The zero-order valence-electron chi connectivity index (χ0n) is 11.0. The molecule has 1 saturated carbocycles. The fourth-order valence-electron chi connectivity index (χ4n) is 2.18. The van der Waals surface area contributed by atoms with Gasteiger partial charge in [0.1, 0.15) is 11.6 Å². The van der Waals surface area contributed by atoms with Crippen LogP contribution in [-0.4, -0.2) is 30.9 Å². The van der Waals surface area contributed by atoms with Crippen LogP contribution >= 0.6 is 0 Å². The minimum atomic E-state index is -0.592. The van der Waals surface area contributed by atoms with Crippen LogP contribution < -0.4 is 5.73 Å². The Bertz CT molecular complexity index is 486. The number of halogens is 2. The molecule has 1 aliphatic carbocycles. The van der Waals surface area contributed by atoms with Gasteiger partial charge in [0.15, 0.2) is 0 Å². The van der Waals surface area contributed by atoms with Crippen LogP contribution in [-0.2, 0) is 11.2 Å². The molecule has 1 aliphatic rings. The molecule has 0 unspecified atom stereocenters. The SMILES string of the molecule is CN(CCc1ccc(F)cc1F)C(=O)C1(CN)CC1. The zero-order valence-corrected chi connectivity index (χ0v) is 11.0. The molecule has 0 aromatic heterocycles. The first-order valence-corrected chi connectivity index (χ1v) is 6.38. The highest BCUT2D eigenvalue weighted by Gasteiger charge is 2.49. The molecule has 2 rings (SSSR count). The Kier molecular flexibility index (Phi) is 3.85. The summed E-state index contributed by atoms with van der Waals surface area (Å²) in [5, 5.41) is 0. The highest BCUT2D eigenvalue weighted by Crippen LogP contribution is 2.45. The molecule has 1 fully saturated rings. The summed E-state index contributed by atoms with van der Waals surface area (Å²) >= 11 is 0. The number of nitrogens with two attached hydrogens (primary N) is 1. The van der Waals surface area contributed by atoms with Crippen molar-refractivity contribution < 1.29 is 13.6 Å². The van der Waals surface area contributed by atoms with Crippen molar-refractivity contribution in [2.24, 2.45) is 11.1 Å². The van der Waals surface area contributed by atoms with E-state index in [9.17, 15) is 13.6 Å². The third-order valence-electron chi connectivity index (χ3n) is 3.78. The average Bonchev–Trinajstić information content (AvgIpc) is 3.17. The van der Waals surface area contributed by atoms with Crippen LogP contribution in [0.3, 0.4) is 0 Å². The van der Waals surface area contributed by atoms with Gasteiger partial charge in [-0.25, -0.2) is 8.78 Å². The van der Waals surface area contributed by atoms with Crippen molar-refractivity contribution in [3.8, 4) is 0 Å². The molecule has 0 radical (unpaired) electrons. The van der Waals surface area contributed by atoms with Gasteiger partial charge in [-0.2, -0.15) is 0 Å². The lowest BCUT2D eigenvalue weighted by Gasteiger charge is -2.22. The van der Waals surface area contributed by atoms with Gasteiger partial charge in [-0.3, -0.25) is 4.79 Å². The Labute approximate surface area is 111 Å². The third-order valence-corrected chi connectivity index (χ3v) is 3.78. The van der Waals surface area contributed by atoms with E-state index in [-0.39, 0.29) is 11.3 Å². The average molecular weight is 268 g/mol. The first-order chi connectivity index (χ1) is 8.98. The zero-order chi connectivity index (χ0) is 14.0. The molecular formula is C14H18F2N2O. The molecule has 2 N–H and O–H groups in total. The lowest BCUT2D eigenvalue weighted by Crippen LogP contribution is -2.39. The van der Waals surface area contributed by atoms with Crippen molar-refractivity contribution in [3.05, 3.63) is 35.4 Å². The molecule has 0 aliphatic heterocycles. The van der Waals surface area contributed by atoms with Crippen LogP contribution in [0.1, 0.15) is 18.4 Å². The molecule has 1 amide bonds. The van der Waals surface area contributed by atoms with Gasteiger partial charge in [0.2, 0.25) is 5.91 Å². The minimum absolute atomic E-state index is 0.0255. The predicted molar refractivity (Wildman–Crippen MR) is 68.4 cm³/mol. The molecule has 104 valence electrons. The van der Waals surface area contributed by atoms with Crippen molar-refractivity contribution in [1.82, 2.24) is 4.90 Å². The molecule has 0 saturated heterocycles. The predicted octanol–water partition coefficient (Wildman–Crippen LogP) is 1.70. The maximum atomic E-state index is 13.5. The fourth-order valence-corrected chi connectivity index (χ4v) is 2.18. The largest absolute Gasteiger partial charge is 0.345 e. The summed E-state index contributed by atoms with van der Waals surface area (Å²) in [7, 11) is 1.69. The van der Waals surface area contributed by atoms with Gasteiger partial charge in [-0.1, -0.05) is 6.07 Å².